The summed E-state index contributed by atoms with van der Waals surface area (Å²) >= 11 is 2.30. The molecule has 0 amide bonds. The van der Waals surface area contributed by atoms with Crippen LogP contribution < -0.4 is 10.6 Å². The SMILES string of the molecule is CN=C(NC)NCc1ccc(I)cc1.I. The molecule has 0 aliphatic carbocycles. The van der Waals surface area contributed by atoms with Crippen molar-refractivity contribution in [3.63, 3.8) is 0 Å². The lowest BCUT2D eigenvalue weighted by Crippen LogP contribution is -2.34. The van der Waals surface area contributed by atoms with E-state index in [9.17, 15) is 0 Å². The van der Waals surface area contributed by atoms with Gasteiger partial charge in [0.25, 0.3) is 0 Å². The highest BCUT2D eigenvalue weighted by Gasteiger charge is 1.94. The molecule has 0 spiro atoms. The first-order chi connectivity index (χ1) is 6.76. The molecule has 0 aliphatic rings. The average Bonchev–Trinajstić information content (AvgIpc) is 2.22. The minimum absolute atomic E-state index is 0. The van der Waals surface area contributed by atoms with E-state index in [1.165, 1.54) is 9.13 Å². The summed E-state index contributed by atoms with van der Waals surface area (Å²) in [5.41, 5.74) is 1.25. The van der Waals surface area contributed by atoms with E-state index in [1.54, 1.807) is 7.05 Å². The Morgan fingerprint density at radius 1 is 1.33 bits per heavy atom. The molecular weight excluding hydrogens is 416 g/mol. The normalized spacial score (nSPS) is 10.5. The van der Waals surface area contributed by atoms with E-state index in [-0.39, 0.29) is 24.0 Å². The molecule has 0 aliphatic heterocycles. The van der Waals surface area contributed by atoms with Gasteiger partial charge in [-0.05, 0) is 40.3 Å². The number of benzene rings is 1. The zero-order valence-corrected chi connectivity index (χ0v) is 13.2. The predicted molar refractivity (Wildman–Crippen MR) is 83.8 cm³/mol. The molecule has 0 radical (unpaired) electrons. The Labute approximate surface area is 121 Å². The van der Waals surface area contributed by atoms with Crippen LogP contribution in [0.25, 0.3) is 0 Å². The number of nitrogens with zero attached hydrogens (tertiary/aromatic N) is 1. The van der Waals surface area contributed by atoms with Crippen LogP contribution in [0.1, 0.15) is 5.56 Å². The zero-order valence-electron chi connectivity index (χ0n) is 8.75. The number of halogens is 2. The molecule has 5 heteroatoms. The molecule has 1 aromatic rings. The Morgan fingerprint density at radius 2 is 1.93 bits per heavy atom. The monoisotopic (exact) mass is 431 g/mol. The van der Waals surface area contributed by atoms with Crippen molar-refractivity contribution in [3.8, 4) is 0 Å². The molecule has 1 aromatic carbocycles. The van der Waals surface area contributed by atoms with Crippen molar-refractivity contribution in [3.05, 3.63) is 33.4 Å². The van der Waals surface area contributed by atoms with Gasteiger partial charge < -0.3 is 10.6 Å². The van der Waals surface area contributed by atoms with Crippen molar-refractivity contribution >= 4 is 52.5 Å². The fraction of sp³-hybridized carbons (Fsp3) is 0.300. The molecule has 84 valence electrons. The second kappa shape index (κ2) is 8.14. The van der Waals surface area contributed by atoms with Crippen LogP contribution in [0.4, 0.5) is 0 Å². The van der Waals surface area contributed by atoms with E-state index >= 15 is 0 Å². The lowest BCUT2D eigenvalue weighted by molar-refractivity contribution is 0.866. The summed E-state index contributed by atoms with van der Waals surface area (Å²) in [6.45, 7) is 0.796. The Morgan fingerprint density at radius 3 is 2.40 bits per heavy atom. The minimum Gasteiger partial charge on any atom is -0.359 e. The number of aliphatic imine (C=N–C) groups is 1. The third-order valence-electron chi connectivity index (χ3n) is 1.83. The molecule has 0 fully saturated rings. The van der Waals surface area contributed by atoms with Crippen LogP contribution in [0.5, 0.6) is 0 Å². The van der Waals surface area contributed by atoms with Crippen molar-refractivity contribution in [1.29, 1.82) is 0 Å². The van der Waals surface area contributed by atoms with Crippen LogP contribution in [0.2, 0.25) is 0 Å². The maximum Gasteiger partial charge on any atom is 0.190 e. The van der Waals surface area contributed by atoms with Crippen molar-refractivity contribution in [2.45, 2.75) is 6.54 Å². The van der Waals surface area contributed by atoms with E-state index in [2.05, 4.69) is 62.5 Å². The first kappa shape index (κ1) is 14.9. The maximum absolute atomic E-state index is 4.03. The quantitative estimate of drug-likeness (QED) is 0.428. The summed E-state index contributed by atoms with van der Waals surface area (Å²) < 4.78 is 1.25. The molecule has 1 rings (SSSR count). The fourth-order valence-electron chi connectivity index (χ4n) is 1.07. The van der Waals surface area contributed by atoms with Gasteiger partial charge in [0, 0.05) is 24.2 Å². The summed E-state index contributed by atoms with van der Waals surface area (Å²) in [4.78, 5) is 4.03. The molecule has 15 heavy (non-hydrogen) atoms. The Balaban J connectivity index is 0.00000196. The third kappa shape index (κ3) is 5.55. The van der Waals surface area contributed by atoms with Gasteiger partial charge in [0.2, 0.25) is 0 Å². The number of hydrogen-bond acceptors (Lipinski definition) is 1. The standard InChI is InChI=1S/C10H14IN3.HI/c1-12-10(13-2)14-7-8-3-5-9(11)6-4-8;/h3-6H,7H2,1-2H3,(H2,12,13,14);1H. The summed E-state index contributed by atoms with van der Waals surface area (Å²) in [5.74, 6) is 0.809. The highest BCUT2D eigenvalue weighted by Crippen LogP contribution is 2.06. The number of guanidine groups is 1. The summed E-state index contributed by atoms with van der Waals surface area (Å²) in [5, 5.41) is 6.16. The van der Waals surface area contributed by atoms with Gasteiger partial charge in [-0.15, -0.1) is 24.0 Å². The van der Waals surface area contributed by atoms with Gasteiger partial charge >= 0.3 is 0 Å². The van der Waals surface area contributed by atoms with Gasteiger partial charge in [0.05, 0.1) is 0 Å². The van der Waals surface area contributed by atoms with E-state index < -0.39 is 0 Å². The Hall–Kier alpha value is -0.0500. The third-order valence-corrected chi connectivity index (χ3v) is 2.55. The molecule has 0 heterocycles. The summed E-state index contributed by atoms with van der Waals surface area (Å²) in [6, 6.07) is 8.41. The van der Waals surface area contributed by atoms with Gasteiger partial charge in [0.15, 0.2) is 5.96 Å². The summed E-state index contributed by atoms with van der Waals surface area (Å²) in [6.07, 6.45) is 0. The predicted octanol–water partition coefficient (Wildman–Crippen LogP) is 2.20. The van der Waals surface area contributed by atoms with Gasteiger partial charge in [-0.1, -0.05) is 12.1 Å². The maximum atomic E-state index is 4.03. The lowest BCUT2D eigenvalue weighted by Gasteiger charge is -2.08. The first-order valence-corrected chi connectivity index (χ1v) is 5.47. The topological polar surface area (TPSA) is 36.4 Å². The molecule has 0 unspecified atom stereocenters. The molecular formula is C10H15I2N3. The highest BCUT2D eigenvalue weighted by atomic mass is 127. The molecule has 0 bridgehead atoms. The van der Waals surface area contributed by atoms with Crippen LogP contribution in [0.3, 0.4) is 0 Å². The van der Waals surface area contributed by atoms with E-state index in [0.29, 0.717) is 0 Å². The Bertz CT molecular complexity index is 309. The van der Waals surface area contributed by atoms with Crippen LogP contribution >= 0.6 is 46.6 Å². The minimum atomic E-state index is 0. The second-order valence-corrected chi connectivity index (χ2v) is 4.05. The lowest BCUT2D eigenvalue weighted by atomic mass is 10.2. The average molecular weight is 431 g/mol. The Kier molecular flexibility index (Phi) is 8.12. The van der Waals surface area contributed by atoms with E-state index in [4.69, 9.17) is 0 Å². The molecule has 2 N–H and O–H groups in total. The summed E-state index contributed by atoms with van der Waals surface area (Å²) in [7, 11) is 3.61. The second-order valence-electron chi connectivity index (χ2n) is 2.80. The van der Waals surface area contributed by atoms with Crippen molar-refractivity contribution in [1.82, 2.24) is 10.6 Å². The molecule has 0 saturated heterocycles. The highest BCUT2D eigenvalue weighted by molar-refractivity contribution is 14.1. The number of nitrogens with one attached hydrogen (secondary N) is 2. The van der Waals surface area contributed by atoms with Gasteiger partial charge in [-0.3, -0.25) is 4.99 Å². The molecule has 3 nitrogen and oxygen atoms in total. The van der Waals surface area contributed by atoms with Gasteiger partial charge in [-0.25, -0.2) is 0 Å². The van der Waals surface area contributed by atoms with Gasteiger partial charge in [0.1, 0.15) is 0 Å². The number of rotatable bonds is 2. The fourth-order valence-corrected chi connectivity index (χ4v) is 1.43. The molecule has 0 saturated carbocycles. The molecule has 0 atom stereocenters. The van der Waals surface area contributed by atoms with Crippen LogP contribution in [0, 0.1) is 3.57 Å². The molecule has 0 aromatic heterocycles. The zero-order chi connectivity index (χ0) is 10.4. The first-order valence-electron chi connectivity index (χ1n) is 4.39. The van der Waals surface area contributed by atoms with E-state index in [0.717, 1.165) is 12.5 Å². The van der Waals surface area contributed by atoms with E-state index in [1.807, 2.05) is 7.05 Å². The largest absolute Gasteiger partial charge is 0.359 e. The smallest absolute Gasteiger partial charge is 0.190 e. The van der Waals surface area contributed by atoms with Crippen molar-refractivity contribution < 1.29 is 0 Å². The van der Waals surface area contributed by atoms with Crippen LogP contribution in [0.15, 0.2) is 29.3 Å². The van der Waals surface area contributed by atoms with Crippen molar-refractivity contribution in [2.24, 2.45) is 4.99 Å². The van der Waals surface area contributed by atoms with Crippen LogP contribution in [-0.4, -0.2) is 20.1 Å². The van der Waals surface area contributed by atoms with Crippen LogP contribution in [-0.2, 0) is 6.54 Å². The van der Waals surface area contributed by atoms with Gasteiger partial charge in [-0.2, -0.15) is 0 Å². The van der Waals surface area contributed by atoms with Crippen molar-refractivity contribution in [2.75, 3.05) is 14.1 Å². The number of hydrogen-bond donors (Lipinski definition) is 2.